The second-order valence-corrected chi connectivity index (χ2v) is 9.07. The molecule has 1 aliphatic rings. The Morgan fingerprint density at radius 2 is 1.83 bits per heavy atom. The Morgan fingerprint density at radius 1 is 1.11 bits per heavy atom. The van der Waals surface area contributed by atoms with Crippen LogP contribution in [0.15, 0.2) is 54.2 Å². The standard InChI is InChI=1S/C26H29N7O3/c1-15(2)13-21(34)32-12-4-5-19(32)25-31-22(23(24(27)35)33(25)28)17-7-9-18(10-8-17)26(36)30-20-11-6-16(3)14-29-20/h6-11,13-14,19H,4-5,12,28H2,1-3H3,(H2,27,35)(H,29,30,36). The van der Waals surface area contributed by atoms with E-state index in [1.54, 1.807) is 47.5 Å². The molecule has 1 fully saturated rings. The Bertz CT molecular complexity index is 1340. The van der Waals surface area contributed by atoms with E-state index in [4.69, 9.17) is 11.6 Å². The molecule has 1 atom stereocenters. The van der Waals surface area contributed by atoms with E-state index < -0.39 is 5.91 Å². The zero-order valence-electron chi connectivity index (χ0n) is 20.5. The molecule has 0 aliphatic carbocycles. The van der Waals surface area contributed by atoms with Gasteiger partial charge in [0.05, 0.1) is 6.04 Å². The summed E-state index contributed by atoms with van der Waals surface area (Å²) in [5, 5.41) is 2.75. The molecule has 1 aromatic carbocycles. The fourth-order valence-electron chi connectivity index (χ4n) is 4.26. The third-order valence-electron chi connectivity index (χ3n) is 5.99. The topological polar surface area (TPSA) is 149 Å². The van der Waals surface area contributed by atoms with E-state index >= 15 is 0 Å². The Kier molecular flexibility index (Phi) is 6.86. The predicted octanol–water partition coefficient (Wildman–Crippen LogP) is 2.95. The van der Waals surface area contributed by atoms with Crippen LogP contribution in [0.3, 0.4) is 0 Å². The smallest absolute Gasteiger partial charge is 0.269 e. The maximum absolute atomic E-state index is 12.7. The predicted molar refractivity (Wildman–Crippen MR) is 136 cm³/mol. The number of carbonyl (C=O) groups is 3. The van der Waals surface area contributed by atoms with Gasteiger partial charge in [0.1, 0.15) is 11.5 Å². The lowest BCUT2D eigenvalue weighted by Crippen LogP contribution is -2.33. The van der Waals surface area contributed by atoms with E-state index in [1.165, 1.54) is 4.68 Å². The summed E-state index contributed by atoms with van der Waals surface area (Å²) in [5.41, 5.74) is 8.85. The van der Waals surface area contributed by atoms with Crippen molar-refractivity contribution in [2.24, 2.45) is 5.73 Å². The number of pyridine rings is 1. The molecule has 3 heterocycles. The number of amides is 3. The lowest BCUT2D eigenvalue weighted by Gasteiger charge is -2.23. The quantitative estimate of drug-likeness (QED) is 0.359. The van der Waals surface area contributed by atoms with Gasteiger partial charge in [-0.1, -0.05) is 23.8 Å². The van der Waals surface area contributed by atoms with E-state index in [1.807, 2.05) is 26.8 Å². The SMILES string of the molecule is CC(C)=CC(=O)N1CCCC1c1nc(-c2ccc(C(=O)Nc3ccc(C)cn3)cc2)c(C(N)=O)n1N. The van der Waals surface area contributed by atoms with Crippen LogP contribution in [0.4, 0.5) is 5.82 Å². The highest BCUT2D eigenvalue weighted by atomic mass is 16.2. The van der Waals surface area contributed by atoms with Gasteiger partial charge in [-0.15, -0.1) is 0 Å². The second kappa shape index (κ2) is 10.0. The molecule has 1 aliphatic heterocycles. The summed E-state index contributed by atoms with van der Waals surface area (Å²) in [4.78, 5) is 48.2. The fourth-order valence-corrected chi connectivity index (χ4v) is 4.26. The van der Waals surface area contributed by atoms with Gasteiger partial charge >= 0.3 is 0 Å². The minimum Gasteiger partial charge on any atom is -0.364 e. The maximum atomic E-state index is 12.7. The van der Waals surface area contributed by atoms with E-state index in [2.05, 4.69) is 15.3 Å². The van der Waals surface area contributed by atoms with E-state index in [0.29, 0.717) is 41.4 Å². The van der Waals surface area contributed by atoms with Crippen molar-refractivity contribution in [2.45, 2.75) is 39.7 Å². The highest BCUT2D eigenvalue weighted by molar-refractivity contribution is 6.04. The number of nitrogens with one attached hydrogen (secondary N) is 1. The van der Waals surface area contributed by atoms with Crippen LogP contribution in [0.5, 0.6) is 0 Å². The molecule has 0 saturated carbocycles. The molecule has 1 unspecified atom stereocenters. The maximum Gasteiger partial charge on any atom is 0.269 e. The Balaban J connectivity index is 1.63. The van der Waals surface area contributed by atoms with Gasteiger partial charge in [-0.3, -0.25) is 14.4 Å². The molecule has 1 saturated heterocycles. The molecule has 0 spiro atoms. The number of nitrogen functional groups attached to an aromatic ring is 1. The number of rotatable bonds is 6. The molecule has 0 radical (unpaired) electrons. The van der Waals surface area contributed by atoms with Gasteiger partial charge in [0.2, 0.25) is 5.91 Å². The number of nitrogens with zero attached hydrogens (tertiary/aromatic N) is 4. The van der Waals surface area contributed by atoms with E-state index in [9.17, 15) is 14.4 Å². The first-order chi connectivity index (χ1) is 17.2. The van der Waals surface area contributed by atoms with E-state index in [-0.39, 0.29) is 23.6 Å². The number of likely N-dealkylation sites (tertiary alicyclic amines) is 1. The largest absolute Gasteiger partial charge is 0.364 e. The third-order valence-corrected chi connectivity index (χ3v) is 5.99. The number of hydrogen-bond donors (Lipinski definition) is 3. The van der Waals surface area contributed by atoms with Crippen LogP contribution in [-0.4, -0.2) is 43.8 Å². The molecule has 10 nitrogen and oxygen atoms in total. The summed E-state index contributed by atoms with van der Waals surface area (Å²) in [7, 11) is 0. The highest BCUT2D eigenvalue weighted by Gasteiger charge is 2.35. The molecule has 2 aromatic heterocycles. The number of allylic oxidation sites excluding steroid dienone is 1. The van der Waals surface area contributed by atoms with Gasteiger partial charge in [-0.05, 0) is 57.4 Å². The molecule has 5 N–H and O–H groups in total. The Hall–Kier alpha value is -4.47. The zero-order chi connectivity index (χ0) is 26.0. The van der Waals surface area contributed by atoms with Crippen molar-refractivity contribution in [3.63, 3.8) is 0 Å². The summed E-state index contributed by atoms with van der Waals surface area (Å²) >= 11 is 0. The fraction of sp³-hybridized carbons (Fsp3) is 0.269. The van der Waals surface area contributed by atoms with Crippen molar-refractivity contribution in [3.05, 3.63) is 76.9 Å². The number of nitrogens with two attached hydrogens (primary N) is 2. The lowest BCUT2D eigenvalue weighted by molar-refractivity contribution is -0.127. The molecule has 10 heteroatoms. The Morgan fingerprint density at radius 3 is 2.44 bits per heavy atom. The number of benzene rings is 1. The van der Waals surface area contributed by atoms with Gasteiger partial charge in [0.15, 0.2) is 11.5 Å². The van der Waals surface area contributed by atoms with E-state index in [0.717, 1.165) is 17.6 Å². The van der Waals surface area contributed by atoms with Gasteiger partial charge in [-0.2, -0.15) is 0 Å². The number of hydrogen-bond acceptors (Lipinski definition) is 6. The van der Waals surface area contributed by atoms with Crippen molar-refractivity contribution >= 4 is 23.5 Å². The molecule has 0 bridgehead atoms. The van der Waals surface area contributed by atoms with Crippen LogP contribution in [0.2, 0.25) is 0 Å². The van der Waals surface area contributed by atoms with Crippen molar-refractivity contribution in [1.82, 2.24) is 19.5 Å². The molecule has 3 aromatic rings. The van der Waals surface area contributed by atoms with Crippen LogP contribution in [0, 0.1) is 6.92 Å². The number of primary amides is 1. The van der Waals surface area contributed by atoms with Crippen LogP contribution in [0.25, 0.3) is 11.3 Å². The van der Waals surface area contributed by atoms with Crippen LogP contribution < -0.4 is 16.9 Å². The first-order valence-corrected chi connectivity index (χ1v) is 11.6. The Labute approximate surface area is 209 Å². The first kappa shape index (κ1) is 24.6. The number of anilines is 1. The minimum atomic E-state index is -0.737. The summed E-state index contributed by atoms with van der Waals surface area (Å²) in [5.74, 6) is 5.94. The van der Waals surface area contributed by atoms with Gasteiger partial charge in [-0.25, -0.2) is 14.6 Å². The molecule has 3 amide bonds. The van der Waals surface area contributed by atoms with Gasteiger partial charge in [0.25, 0.3) is 11.8 Å². The van der Waals surface area contributed by atoms with Crippen molar-refractivity contribution in [2.75, 3.05) is 17.7 Å². The number of imidazole rings is 1. The van der Waals surface area contributed by atoms with Gasteiger partial charge in [0, 0.05) is 29.9 Å². The third kappa shape index (κ3) is 4.97. The van der Waals surface area contributed by atoms with Crippen molar-refractivity contribution < 1.29 is 14.4 Å². The second-order valence-electron chi connectivity index (χ2n) is 9.07. The number of aryl methyl sites for hydroxylation is 1. The minimum absolute atomic E-state index is 0.0348. The van der Waals surface area contributed by atoms with Gasteiger partial charge < -0.3 is 21.8 Å². The van der Waals surface area contributed by atoms with Crippen LogP contribution in [0.1, 0.15) is 65.0 Å². The zero-order valence-corrected chi connectivity index (χ0v) is 20.5. The summed E-state index contributed by atoms with van der Waals surface area (Å²) in [6.07, 6.45) is 4.71. The summed E-state index contributed by atoms with van der Waals surface area (Å²) in [6.45, 7) is 6.20. The monoisotopic (exact) mass is 487 g/mol. The number of carbonyl (C=O) groups excluding carboxylic acids is 3. The first-order valence-electron chi connectivity index (χ1n) is 11.6. The normalized spacial score (nSPS) is 15.0. The molecule has 4 rings (SSSR count). The average Bonchev–Trinajstić information content (AvgIpc) is 3.44. The molecule has 186 valence electrons. The lowest BCUT2D eigenvalue weighted by atomic mass is 10.1. The van der Waals surface area contributed by atoms with Crippen LogP contribution in [-0.2, 0) is 4.79 Å². The molecule has 36 heavy (non-hydrogen) atoms. The summed E-state index contributed by atoms with van der Waals surface area (Å²) < 4.78 is 1.18. The average molecular weight is 488 g/mol. The molecular formula is C26H29N7O3. The van der Waals surface area contributed by atoms with Crippen molar-refractivity contribution in [3.8, 4) is 11.3 Å². The molecular weight excluding hydrogens is 458 g/mol. The van der Waals surface area contributed by atoms with Crippen LogP contribution >= 0.6 is 0 Å². The number of aromatic nitrogens is 3. The summed E-state index contributed by atoms with van der Waals surface area (Å²) in [6, 6.07) is 9.81. The highest BCUT2D eigenvalue weighted by Crippen LogP contribution is 2.34. The van der Waals surface area contributed by atoms with Crippen molar-refractivity contribution in [1.29, 1.82) is 0 Å².